The van der Waals surface area contributed by atoms with Gasteiger partial charge in [0.2, 0.25) is 0 Å². The van der Waals surface area contributed by atoms with Gasteiger partial charge < -0.3 is 13.6 Å². The topological polar surface area (TPSA) is 27.7 Å². The molecule has 0 amide bonds. The molecule has 5 aromatic carbocycles. The van der Waals surface area contributed by atoms with E-state index in [2.05, 4.69) is 48.5 Å². The van der Waals surface area contributed by atoms with E-state index in [1.54, 1.807) is 0 Å². The van der Waals surface area contributed by atoms with E-state index in [1.165, 1.54) is 27.5 Å². The van der Waals surface area contributed by atoms with Crippen LogP contribution in [0.15, 0.2) is 121 Å². The highest BCUT2D eigenvalue weighted by Crippen LogP contribution is 2.42. The molecule has 0 saturated heterocycles. The van der Waals surface area contributed by atoms with Gasteiger partial charge in [0.25, 0.3) is 0 Å². The van der Waals surface area contributed by atoms with Crippen LogP contribution in [0.4, 0.5) is 0 Å². The zero-order valence-electron chi connectivity index (χ0n) is 20.2. The summed E-state index contributed by atoms with van der Waals surface area (Å²) in [6, 6.07) is 40.2. The minimum absolute atomic E-state index is 0.718. The van der Waals surface area contributed by atoms with Crippen molar-refractivity contribution in [1.29, 1.82) is 0 Å². The Morgan fingerprint density at radius 1 is 0.371 bits per heavy atom. The largest absolute Gasteiger partial charge is 0.530 e. The molecule has 0 aliphatic heterocycles. The first kappa shape index (κ1) is 24.3. The fraction of sp³-hybridized carbons (Fsp3) is 0.0968. The van der Waals surface area contributed by atoms with Gasteiger partial charge in [-0.1, -0.05) is 102 Å². The van der Waals surface area contributed by atoms with Crippen molar-refractivity contribution in [2.45, 2.75) is 20.8 Å². The van der Waals surface area contributed by atoms with Crippen LogP contribution in [0.25, 0.3) is 10.8 Å². The maximum absolute atomic E-state index is 5.96. The first-order valence-corrected chi connectivity index (χ1v) is 12.6. The quantitative estimate of drug-likeness (QED) is 0.227. The Bertz CT molecular complexity index is 1150. The smallest absolute Gasteiger partial charge is 0.409 e. The summed E-state index contributed by atoms with van der Waals surface area (Å²) < 4.78 is 17.9. The van der Waals surface area contributed by atoms with Crippen molar-refractivity contribution in [2.75, 3.05) is 0 Å². The molecule has 35 heavy (non-hydrogen) atoms. The fourth-order valence-electron chi connectivity index (χ4n) is 3.24. The number of hydrogen-bond donors (Lipinski definition) is 0. The molecule has 3 nitrogen and oxygen atoms in total. The Morgan fingerprint density at radius 3 is 0.886 bits per heavy atom. The third-order valence-electron chi connectivity index (χ3n) is 5.26. The van der Waals surface area contributed by atoms with Crippen LogP contribution in [0.3, 0.4) is 0 Å². The van der Waals surface area contributed by atoms with Crippen LogP contribution >= 0.6 is 8.60 Å². The lowest BCUT2D eigenvalue weighted by atomic mass is 10.1. The van der Waals surface area contributed by atoms with Crippen molar-refractivity contribution in [1.82, 2.24) is 0 Å². The first-order valence-electron chi connectivity index (χ1n) is 11.5. The molecule has 0 atom stereocenters. The second-order valence-corrected chi connectivity index (χ2v) is 9.28. The summed E-state index contributed by atoms with van der Waals surface area (Å²) in [6.07, 6.45) is 0. The first-order chi connectivity index (χ1) is 17.0. The van der Waals surface area contributed by atoms with E-state index in [9.17, 15) is 0 Å². The Balaban J connectivity index is 0.000000239. The summed E-state index contributed by atoms with van der Waals surface area (Å²) in [4.78, 5) is 0. The minimum Gasteiger partial charge on any atom is -0.409 e. The summed E-state index contributed by atoms with van der Waals surface area (Å²) in [6.45, 7) is 6.12. The Kier molecular flexibility index (Phi) is 8.38. The molecule has 0 unspecified atom stereocenters. The van der Waals surface area contributed by atoms with Crippen molar-refractivity contribution in [3.05, 3.63) is 138 Å². The molecule has 0 aliphatic rings. The molecule has 0 radical (unpaired) electrons. The molecule has 0 bridgehead atoms. The van der Waals surface area contributed by atoms with E-state index in [-0.39, 0.29) is 0 Å². The van der Waals surface area contributed by atoms with Crippen LogP contribution in [0.2, 0.25) is 0 Å². The fourth-order valence-corrected chi connectivity index (χ4v) is 4.24. The zero-order chi connectivity index (χ0) is 24.5. The van der Waals surface area contributed by atoms with Crippen LogP contribution < -0.4 is 13.6 Å². The molecule has 0 heterocycles. The molecule has 0 aliphatic carbocycles. The molecular formula is C31H29O3P. The minimum atomic E-state index is -1.62. The van der Waals surface area contributed by atoms with Crippen LogP contribution in [0.1, 0.15) is 16.7 Å². The number of benzene rings is 5. The van der Waals surface area contributed by atoms with Gasteiger partial charge in [0.15, 0.2) is 0 Å². The molecule has 0 saturated carbocycles. The third kappa shape index (κ3) is 7.60. The van der Waals surface area contributed by atoms with Gasteiger partial charge in [-0.05, 0) is 67.9 Å². The van der Waals surface area contributed by atoms with Gasteiger partial charge >= 0.3 is 8.60 Å². The summed E-state index contributed by atoms with van der Waals surface area (Å²) in [5.74, 6) is 2.16. The van der Waals surface area contributed by atoms with Crippen molar-refractivity contribution in [3.63, 3.8) is 0 Å². The number of hydrogen-bond acceptors (Lipinski definition) is 3. The lowest BCUT2D eigenvalue weighted by Gasteiger charge is -2.18. The maximum atomic E-state index is 5.96. The van der Waals surface area contributed by atoms with Gasteiger partial charge in [0.05, 0.1) is 0 Å². The summed E-state index contributed by atoms with van der Waals surface area (Å²) in [7, 11) is -1.62. The average molecular weight is 481 g/mol. The van der Waals surface area contributed by atoms with Crippen LogP contribution in [0, 0.1) is 20.8 Å². The van der Waals surface area contributed by atoms with Crippen molar-refractivity contribution < 1.29 is 13.6 Å². The molecule has 0 spiro atoms. The second kappa shape index (κ2) is 12.1. The predicted molar refractivity (Wildman–Crippen MR) is 146 cm³/mol. The van der Waals surface area contributed by atoms with E-state index in [1.807, 2.05) is 93.6 Å². The van der Waals surface area contributed by atoms with Crippen LogP contribution in [0.5, 0.6) is 17.2 Å². The van der Waals surface area contributed by atoms with E-state index in [0.717, 1.165) is 17.2 Å². The van der Waals surface area contributed by atoms with Crippen molar-refractivity contribution in [3.8, 4) is 17.2 Å². The van der Waals surface area contributed by atoms with Gasteiger partial charge in [-0.2, -0.15) is 0 Å². The van der Waals surface area contributed by atoms with Gasteiger partial charge in [-0.25, -0.2) is 0 Å². The molecule has 0 fully saturated rings. The normalized spacial score (nSPS) is 10.4. The lowest BCUT2D eigenvalue weighted by molar-refractivity contribution is 0.388. The number of aryl methyl sites for hydroxylation is 3. The highest BCUT2D eigenvalue weighted by Gasteiger charge is 2.19. The van der Waals surface area contributed by atoms with E-state index in [4.69, 9.17) is 13.6 Å². The van der Waals surface area contributed by atoms with E-state index in [0.29, 0.717) is 0 Å². The van der Waals surface area contributed by atoms with E-state index >= 15 is 0 Å². The Hall–Kier alpha value is -3.81. The second-order valence-electron chi connectivity index (χ2n) is 8.28. The molecule has 4 heteroatoms. The van der Waals surface area contributed by atoms with Gasteiger partial charge in [0, 0.05) is 0 Å². The maximum Gasteiger partial charge on any atom is 0.530 e. The van der Waals surface area contributed by atoms with Gasteiger partial charge in [-0.3, -0.25) is 0 Å². The average Bonchev–Trinajstić information content (AvgIpc) is 2.88. The summed E-state index contributed by atoms with van der Waals surface area (Å²) in [5, 5.41) is 2.62. The predicted octanol–water partition coefficient (Wildman–Crippen LogP) is 9.22. The lowest BCUT2D eigenvalue weighted by Crippen LogP contribution is -2.02. The number of fused-ring (bicyclic) bond motifs is 1. The van der Waals surface area contributed by atoms with Gasteiger partial charge in [-0.15, -0.1) is 0 Å². The van der Waals surface area contributed by atoms with Gasteiger partial charge in [0.1, 0.15) is 17.2 Å². The van der Waals surface area contributed by atoms with Crippen molar-refractivity contribution in [2.24, 2.45) is 0 Å². The third-order valence-corrected chi connectivity index (χ3v) is 6.34. The molecule has 0 aromatic heterocycles. The summed E-state index contributed by atoms with van der Waals surface area (Å²) in [5.41, 5.74) is 3.53. The van der Waals surface area contributed by atoms with E-state index < -0.39 is 8.60 Å². The standard InChI is InChI=1S/C21H21O3P.C10H8/c1-16-4-10-19(11-5-16)22-25(23-20-12-6-17(2)7-13-20)24-21-14-8-18(3)9-15-21;1-2-6-10-8-4-3-7-9(10)5-1/h4-15H,1-3H3;1-8H. The highest BCUT2D eigenvalue weighted by molar-refractivity contribution is 7.43. The Morgan fingerprint density at radius 2 is 0.629 bits per heavy atom. The molecule has 5 rings (SSSR count). The summed E-state index contributed by atoms with van der Waals surface area (Å²) >= 11 is 0. The van der Waals surface area contributed by atoms with Crippen LogP contribution in [-0.2, 0) is 0 Å². The molecule has 176 valence electrons. The molecule has 0 N–H and O–H groups in total. The van der Waals surface area contributed by atoms with Crippen LogP contribution in [-0.4, -0.2) is 0 Å². The molecule has 5 aromatic rings. The SMILES string of the molecule is Cc1ccc(OP(Oc2ccc(C)cc2)Oc2ccc(C)cc2)cc1.c1ccc2ccccc2c1. The number of rotatable bonds is 6. The Labute approximate surface area is 208 Å². The highest BCUT2D eigenvalue weighted by atomic mass is 31.2. The monoisotopic (exact) mass is 480 g/mol. The van der Waals surface area contributed by atoms with Crippen molar-refractivity contribution >= 4 is 19.4 Å². The zero-order valence-corrected chi connectivity index (χ0v) is 21.1. The molecular weight excluding hydrogens is 451 g/mol.